The van der Waals surface area contributed by atoms with Crippen LogP contribution in [0.2, 0.25) is 0 Å². The summed E-state index contributed by atoms with van der Waals surface area (Å²) in [4.78, 5) is 0. The van der Waals surface area contributed by atoms with E-state index in [0.29, 0.717) is 0 Å². The molecule has 1 rings (SSSR count). The van der Waals surface area contributed by atoms with E-state index in [1.54, 1.807) is 0 Å². The van der Waals surface area contributed by atoms with Crippen molar-refractivity contribution in [3.05, 3.63) is 12.2 Å². The van der Waals surface area contributed by atoms with E-state index in [0.717, 1.165) is 6.54 Å². The minimum atomic E-state index is 1.16. The fraction of sp³-hybridized carbons (Fsp3) is 0.714. The molecule has 0 bridgehead atoms. The minimum absolute atomic E-state index is 1.16. The van der Waals surface area contributed by atoms with E-state index in [2.05, 4.69) is 17.5 Å². The molecule has 0 unspecified atom stereocenters. The number of hydrogen-bond acceptors (Lipinski definition) is 1. The van der Waals surface area contributed by atoms with Gasteiger partial charge in [-0.05, 0) is 32.4 Å². The molecule has 1 heterocycles. The molecule has 0 radical (unpaired) electrons. The van der Waals surface area contributed by atoms with Gasteiger partial charge < -0.3 is 5.32 Å². The smallest absolute Gasteiger partial charge is 0.00143 e. The van der Waals surface area contributed by atoms with E-state index in [-0.39, 0.29) is 0 Å². The topological polar surface area (TPSA) is 12.0 Å². The van der Waals surface area contributed by atoms with Gasteiger partial charge in [-0.2, -0.15) is 0 Å². The molecule has 0 saturated heterocycles. The second kappa shape index (κ2) is 3.67. The zero-order valence-corrected chi connectivity index (χ0v) is 5.19. The lowest BCUT2D eigenvalue weighted by Gasteiger charge is -2.03. The van der Waals surface area contributed by atoms with Gasteiger partial charge in [0.2, 0.25) is 0 Å². The molecule has 0 aliphatic carbocycles. The Hall–Kier alpha value is -0.300. The van der Waals surface area contributed by atoms with Gasteiger partial charge in [-0.1, -0.05) is 12.2 Å². The summed E-state index contributed by atoms with van der Waals surface area (Å²) in [5.41, 5.74) is 0. The van der Waals surface area contributed by atoms with Gasteiger partial charge in [-0.3, -0.25) is 0 Å². The first-order chi connectivity index (χ1) is 4.00. The summed E-state index contributed by atoms with van der Waals surface area (Å²) in [5, 5.41) is 3.34. The third-order valence-electron chi connectivity index (χ3n) is 1.38. The molecule has 0 fully saturated rings. The van der Waals surface area contributed by atoms with Crippen molar-refractivity contribution in [2.75, 3.05) is 13.1 Å². The Labute approximate surface area is 50.8 Å². The highest BCUT2D eigenvalue weighted by Crippen LogP contribution is 1.94. The van der Waals surface area contributed by atoms with Crippen molar-refractivity contribution in [3.8, 4) is 0 Å². The van der Waals surface area contributed by atoms with Gasteiger partial charge in [0.1, 0.15) is 0 Å². The van der Waals surface area contributed by atoms with Gasteiger partial charge in [0.25, 0.3) is 0 Å². The van der Waals surface area contributed by atoms with E-state index < -0.39 is 0 Å². The standard InChI is InChI=1S/C7H13N/c1-2-4-6-8-7-5-3-1/h1-2,8H,3-7H2/b2-1+. The lowest BCUT2D eigenvalue weighted by Crippen LogP contribution is -2.16. The van der Waals surface area contributed by atoms with Crippen LogP contribution in [0.3, 0.4) is 0 Å². The lowest BCUT2D eigenvalue weighted by atomic mass is 10.2. The van der Waals surface area contributed by atoms with Crippen LogP contribution in [0.15, 0.2) is 12.2 Å². The molecule has 0 amide bonds. The average molecular weight is 111 g/mol. The second-order valence-corrected chi connectivity index (χ2v) is 2.15. The van der Waals surface area contributed by atoms with Gasteiger partial charge in [-0.15, -0.1) is 0 Å². The molecule has 1 nitrogen and oxygen atoms in total. The van der Waals surface area contributed by atoms with Crippen molar-refractivity contribution in [3.63, 3.8) is 0 Å². The molecule has 46 valence electrons. The zero-order valence-electron chi connectivity index (χ0n) is 5.19. The highest BCUT2D eigenvalue weighted by molar-refractivity contribution is 4.83. The summed E-state index contributed by atoms with van der Waals surface area (Å²) < 4.78 is 0. The van der Waals surface area contributed by atoms with Crippen molar-refractivity contribution in [2.24, 2.45) is 0 Å². The number of nitrogens with one attached hydrogen (secondary N) is 1. The summed E-state index contributed by atoms with van der Waals surface area (Å²) in [6.45, 7) is 2.36. The predicted molar refractivity (Wildman–Crippen MR) is 35.9 cm³/mol. The van der Waals surface area contributed by atoms with E-state index >= 15 is 0 Å². The van der Waals surface area contributed by atoms with Crippen LogP contribution in [0.1, 0.15) is 19.3 Å². The lowest BCUT2D eigenvalue weighted by molar-refractivity contribution is 0.645. The van der Waals surface area contributed by atoms with Crippen LogP contribution < -0.4 is 5.32 Å². The fourth-order valence-corrected chi connectivity index (χ4v) is 0.891. The fourth-order valence-electron chi connectivity index (χ4n) is 0.891. The molecule has 8 heavy (non-hydrogen) atoms. The van der Waals surface area contributed by atoms with Crippen LogP contribution in [0.5, 0.6) is 0 Å². The Morgan fingerprint density at radius 3 is 2.88 bits per heavy atom. The first-order valence-electron chi connectivity index (χ1n) is 3.36. The molecule has 0 aromatic rings. The molecule has 1 heteroatoms. The zero-order chi connectivity index (χ0) is 5.66. The molecule has 0 aromatic carbocycles. The highest BCUT2D eigenvalue weighted by Gasteiger charge is 1.87. The summed E-state index contributed by atoms with van der Waals surface area (Å²) in [5.74, 6) is 0. The van der Waals surface area contributed by atoms with Crippen molar-refractivity contribution in [1.82, 2.24) is 5.32 Å². The predicted octanol–water partition coefficient (Wildman–Crippen LogP) is 1.32. The van der Waals surface area contributed by atoms with Crippen LogP contribution >= 0.6 is 0 Å². The number of allylic oxidation sites excluding steroid dienone is 1. The Balaban J connectivity index is 2.17. The second-order valence-electron chi connectivity index (χ2n) is 2.15. The molecule has 1 N–H and O–H groups in total. The van der Waals surface area contributed by atoms with E-state index in [1.807, 2.05) is 0 Å². The van der Waals surface area contributed by atoms with Crippen molar-refractivity contribution >= 4 is 0 Å². The van der Waals surface area contributed by atoms with E-state index in [9.17, 15) is 0 Å². The third kappa shape index (κ3) is 2.12. The van der Waals surface area contributed by atoms with Crippen molar-refractivity contribution < 1.29 is 0 Å². The summed E-state index contributed by atoms with van der Waals surface area (Å²) >= 11 is 0. The SMILES string of the molecule is C1=C/CCNCCC/1. The Bertz CT molecular complexity index is 66.5. The number of hydrogen-bond donors (Lipinski definition) is 1. The van der Waals surface area contributed by atoms with Crippen molar-refractivity contribution in [2.45, 2.75) is 19.3 Å². The summed E-state index contributed by atoms with van der Waals surface area (Å²) in [6, 6.07) is 0. The van der Waals surface area contributed by atoms with Crippen LogP contribution in [0.25, 0.3) is 0 Å². The monoisotopic (exact) mass is 111 g/mol. The molecule has 1 aliphatic rings. The Morgan fingerprint density at radius 2 is 1.88 bits per heavy atom. The maximum Gasteiger partial charge on any atom is -0.00143 e. The van der Waals surface area contributed by atoms with Crippen molar-refractivity contribution in [1.29, 1.82) is 0 Å². The Morgan fingerprint density at radius 1 is 1.00 bits per heavy atom. The van der Waals surface area contributed by atoms with E-state index in [1.165, 1.54) is 25.8 Å². The first-order valence-corrected chi connectivity index (χ1v) is 3.36. The molecular formula is C7H13N. The molecule has 0 aromatic heterocycles. The van der Waals surface area contributed by atoms with Crippen LogP contribution in [-0.4, -0.2) is 13.1 Å². The summed E-state index contributed by atoms with van der Waals surface area (Å²) in [6.07, 6.45) is 8.30. The average Bonchev–Trinajstić information content (AvgIpc) is 1.62. The third-order valence-corrected chi connectivity index (χ3v) is 1.38. The number of rotatable bonds is 0. The first kappa shape index (κ1) is 5.83. The largest absolute Gasteiger partial charge is 0.316 e. The maximum atomic E-state index is 3.34. The molecule has 1 aliphatic heterocycles. The van der Waals surface area contributed by atoms with Gasteiger partial charge in [0, 0.05) is 0 Å². The quantitative estimate of drug-likeness (QED) is 0.465. The Kier molecular flexibility index (Phi) is 2.68. The highest BCUT2D eigenvalue weighted by atomic mass is 14.8. The minimum Gasteiger partial charge on any atom is -0.316 e. The molecule has 0 atom stereocenters. The molecule has 0 saturated carbocycles. The van der Waals surface area contributed by atoms with Gasteiger partial charge >= 0.3 is 0 Å². The maximum absolute atomic E-state index is 3.34. The summed E-state index contributed by atoms with van der Waals surface area (Å²) in [7, 11) is 0. The molecule has 0 spiro atoms. The normalized spacial score (nSPS) is 26.0. The van der Waals surface area contributed by atoms with Gasteiger partial charge in [0.15, 0.2) is 0 Å². The van der Waals surface area contributed by atoms with Gasteiger partial charge in [0.05, 0.1) is 0 Å². The van der Waals surface area contributed by atoms with Gasteiger partial charge in [-0.25, -0.2) is 0 Å². The van der Waals surface area contributed by atoms with Crippen LogP contribution in [0.4, 0.5) is 0 Å². The molecular weight excluding hydrogens is 98.1 g/mol. The van der Waals surface area contributed by atoms with E-state index in [4.69, 9.17) is 0 Å². The van der Waals surface area contributed by atoms with Crippen LogP contribution in [0, 0.1) is 0 Å². The van der Waals surface area contributed by atoms with Crippen LogP contribution in [-0.2, 0) is 0 Å².